The number of para-hydroxylation sites is 1. The fraction of sp³-hybridized carbons (Fsp3) is 0.231. The molecule has 4 heteroatoms. The van der Waals surface area contributed by atoms with Gasteiger partial charge in [-0.2, -0.15) is 5.10 Å². The van der Waals surface area contributed by atoms with Gasteiger partial charge in [0.25, 0.3) is 0 Å². The molecule has 0 saturated heterocycles. The van der Waals surface area contributed by atoms with Crippen molar-refractivity contribution >= 4 is 5.97 Å². The van der Waals surface area contributed by atoms with E-state index in [9.17, 15) is 4.79 Å². The van der Waals surface area contributed by atoms with Crippen LogP contribution in [0.1, 0.15) is 23.0 Å². The molecule has 17 heavy (non-hydrogen) atoms. The summed E-state index contributed by atoms with van der Waals surface area (Å²) in [5.74, 6) is -0.341. The molecule has 0 atom stereocenters. The molecule has 0 aliphatic carbocycles. The van der Waals surface area contributed by atoms with Crippen LogP contribution >= 0.6 is 0 Å². The second kappa shape index (κ2) is 4.82. The number of hydrogen-bond acceptors (Lipinski definition) is 3. The van der Waals surface area contributed by atoms with E-state index in [2.05, 4.69) is 5.10 Å². The average molecular weight is 230 g/mol. The van der Waals surface area contributed by atoms with Crippen LogP contribution in [0.4, 0.5) is 0 Å². The number of esters is 1. The van der Waals surface area contributed by atoms with Crippen LogP contribution in [0, 0.1) is 6.92 Å². The van der Waals surface area contributed by atoms with E-state index >= 15 is 0 Å². The van der Waals surface area contributed by atoms with E-state index < -0.39 is 0 Å². The summed E-state index contributed by atoms with van der Waals surface area (Å²) in [7, 11) is 0. The Bertz CT molecular complexity index is 517. The number of rotatable bonds is 3. The summed E-state index contributed by atoms with van der Waals surface area (Å²) < 4.78 is 6.63. The topological polar surface area (TPSA) is 44.1 Å². The predicted octanol–water partition coefficient (Wildman–Crippen LogP) is 2.36. The van der Waals surface area contributed by atoms with Gasteiger partial charge >= 0.3 is 5.97 Å². The molecule has 0 N–H and O–H groups in total. The molecule has 1 aromatic carbocycles. The van der Waals surface area contributed by atoms with Crippen LogP contribution in [0.3, 0.4) is 0 Å². The van der Waals surface area contributed by atoms with Crippen molar-refractivity contribution in [3.8, 4) is 5.69 Å². The number of ether oxygens (including phenoxy) is 1. The van der Waals surface area contributed by atoms with Crippen molar-refractivity contribution in [2.45, 2.75) is 13.8 Å². The molecule has 0 fully saturated rings. The van der Waals surface area contributed by atoms with Crippen LogP contribution < -0.4 is 0 Å². The maximum absolute atomic E-state index is 11.8. The first kappa shape index (κ1) is 11.4. The quantitative estimate of drug-likeness (QED) is 0.760. The molecule has 88 valence electrons. The van der Waals surface area contributed by atoms with E-state index in [1.165, 1.54) is 0 Å². The first-order chi connectivity index (χ1) is 8.24. The molecule has 1 heterocycles. The second-order valence-corrected chi connectivity index (χ2v) is 3.64. The molecule has 2 rings (SSSR count). The van der Waals surface area contributed by atoms with Crippen LogP contribution in [0.25, 0.3) is 5.69 Å². The minimum atomic E-state index is -0.341. The summed E-state index contributed by atoms with van der Waals surface area (Å²) in [6.07, 6.45) is 1.67. The van der Waals surface area contributed by atoms with Gasteiger partial charge in [0.2, 0.25) is 0 Å². The van der Waals surface area contributed by atoms with Gasteiger partial charge < -0.3 is 4.74 Å². The lowest BCUT2D eigenvalue weighted by Crippen LogP contribution is -2.13. The summed E-state index contributed by atoms with van der Waals surface area (Å²) in [5.41, 5.74) is 2.15. The van der Waals surface area contributed by atoms with Crippen LogP contribution in [-0.4, -0.2) is 22.4 Å². The summed E-state index contributed by atoms with van der Waals surface area (Å²) in [6, 6.07) is 9.52. The molecule has 0 radical (unpaired) electrons. The van der Waals surface area contributed by atoms with Crippen molar-refractivity contribution in [1.29, 1.82) is 0 Å². The molecule has 0 amide bonds. The summed E-state index contributed by atoms with van der Waals surface area (Å²) >= 11 is 0. The Morgan fingerprint density at radius 2 is 2.06 bits per heavy atom. The van der Waals surface area contributed by atoms with Gasteiger partial charge in [-0.05, 0) is 26.0 Å². The maximum atomic E-state index is 11.8. The Hall–Kier alpha value is -2.10. The zero-order chi connectivity index (χ0) is 12.3. The Kier molecular flexibility index (Phi) is 3.23. The molecular formula is C13H14N2O2. The Balaban J connectivity index is 2.46. The standard InChI is InChI=1S/C13H14N2O2/c1-3-17-13(16)12-10(2)9-14-15(12)11-7-5-4-6-8-11/h4-9H,3H2,1-2H3. The number of aryl methyl sites for hydroxylation is 1. The largest absolute Gasteiger partial charge is 0.461 e. The van der Waals surface area contributed by atoms with E-state index in [1.807, 2.05) is 37.3 Å². The third-order valence-corrected chi connectivity index (χ3v) is 2.42. The SMILES string of the molecule is CCOC(=O)c1c(C)cnn1-c1ccccc1. The van der Waals surface area contributed by atoms with Crippen LogP contribution in [0.5, 0.6) is 0 Å². The second-order valence-electron chi connectivity index (χ2n) is 3.64. The lowest BCUT2D eigenvalue weighted by Gasteiger charge is -2.07. The number of hydrogen-bond donors (Lipinski definition) is 0. The van der Waals surface area contributed by atoms with Crippen LogP contribution in [0.2, 0.25) is 0 Å². The third kappa shape index (κ3) is 2.20. The predicted molar refractivity (Wildman–Crippen MR) is 64.3 cm³/mol. The van der Waals surface area contributed by atoms with Gasteiger partial charge in [-0.1, -0.05) is 18.2 Å². The maximum Gasteiger partial charge on any atom is 0.357 e. The summed E-state index contributed by atoms with van der Waals surface area (Å²) in [5, 5.41) is 4.21. The van der Waals surface area contributed by atoms with Gasteiger partial charge in [-0.15, -0.1) is 0 Å². The average Bonchev–Trinajstić information content (AvgIpc) is 2.73. The lowest BCUT2D eigenvalue weighted by molar-refractivity contribution is 0.0515. The van der Waals surface area contributed by atoms with Gasteiger partial charge in [0, 0.05) is 5.56 Å². The Labute approximate surface area is 99.8 Å². The van der Waals surface area contributed by atoms with E-state index in [0.29, 0.717) is 12.3 Å². The minimum absolute atomic E-state index is 0.341. The fourth-order valence-corrected chi connectivity index (χ4v) is 1.64. The molecule has 0 unspecified atom stereocenters. The van der Waals surface area contributed by atoms with Gasteiger partial charge in [-0.3, -0.25) is 0 Å². The summed E-state index contributed by atoms with van der Waals surface area (Å²) in [4.78, 5) is 11.8. The molecule has 0 aliphatic rings. The first-order valence-corrected chi connectivity index (χ1v) is 5.51. The minimum Gasteiger partial charge on any atom is -0.461 e. The van der Waals surface area contributed by atoms with Gasteiger partial charge in [0.1, 0.15) is 0 Å². The Morgan fingerprint density at radius 1 is 1.35 bits per heavy atom. The highest BCUT2D eigenvalue weighted by Crippen LogP contribution is 2.15. The molecule has 4 nitrogen and oxygen atoms in total. The van der Waals surface area contributed by atoms with Gasteiger partial charge in [-0.25, -0.2) is 9.48 Å². The van der Waals surface area contributed by atoms with Crippen LogP contribution in [-0.2, 0) is 4.74 Å². The van der Waals surface area contributed by atoms with Crippen molar-refractivity contribution in [3.05, 3.63) is 47.8 Å². The van der Waals surface area contributed by atoms with Crippen molar-refractivity contribution in [2.24, 2.45) is 0 Å². The Morgan fingerprint density at radius 3 is 2.71 bits per heavy atom. The number of carbonyl (C=O) groups excluding carboxylic acids is 1. The van der Waals surface area contributed by atoms with Crippen molar-refractivity contribution in [3.63, 3.8) is 0 Å². The van der Waals surface area contributed by atoms with Crippen molar-refractivity contribution < 1.29 is 9.53 Å². The molecule has 2 aromatic rings. The van der Waals surface area contributed by atoms with E-state index in [0.717, 1.165) is 11.3 Å². The van der Waals surface area contributed by atoms with Crippen molar-refractivity contribution in [1.82, 2.24) is 9.78 Å². The highest BCUT2D eigenvalue weighted by molar-refractivity contribution is 5.89. The molecule has 0 spiro atoms. The number of carbonyl (C=O) groups is 1. The van der Waals surface area contributed by atoms with E-state index in [4.69, 9.17) is 4.74 Å². The smallest absolute Gasteiger partial charge is 0.357 e. The number of aromatic nitrogens is 2. The number of benzene rings is 1. The lowest BCUT2D eigenvalue weighted by atomic mass is 10.2. The number of nitrogens with zero attached hydrogens (tertiary/aromatic N) is 2. The van der Waals surface area contributed by atoms with Gasteiger partial charge in [0.05, 0.1) is 18.5 Å². The zero-order valence-electron chi connectivity index (χ0n) is 9.88. The molecule has 0 aliphatic heterocycles. The molecule has 0 bridgehead atoms. The monoisotopic (exact) mass is 230 g/mol. The van der Waals surface area contributed by atoms with Crippen molar-refractivity contribution in [2.75, 3.05) is 6.61 Å². The van der Waals surface area contributed by atoms with E-state index in [-0.39, 0.29) is 5.97 Å². The molecular weight excluding hydrogens is 216 g/mol. The van der Waals surface area contributed by atoms with E-state index in [1.54, 1.807) is 17.8 Å². The highest BCUT2D eigenvalue weighted by atomic mass is 16.5. The molecule has 0 saturated carbocycles. The normalized spacial score (nSPS) is 10.2. The highest BCUT2D eigenvalue weighted by Gasteiger charge is 2.17. The fourth-order valence-electron chi connectivity index (χ4n) is 1.64. The van der Waals surface area contributed by atoms with Crippen LogP contribution in [0.15, 0.2) is 36.5 Å². The first-order valence-electron chi connectivity index (χ1n) is 5.51. The molecule has 1 aromatic heterocycles. The van der Waals surface area contributed by atoms with Gasteiger partial charge in [0.15, 0.2) is 5.69 Å². The zero-order valence-corrected chi connectivity index (χ0v) is 9.88. The third-order valence-electron chi connectivity index (χ3n) is 2.42. The summed E-state index contributed by atoms with van der Waals surface area (Å²) in [6.45, 7) is 3.99.